The summed E-state index contributed by atoms with van der Waals surface area (Å²) in [6.07, 6.45) is 2.87. The first-order chi connectivity index (χ1) is 7.10. The van der Waals surface area contributed by atoms with Gasteiger partial charge in [0.05, 0.1) is 12.7 Å². The van der Waals surface area contributed by atoms with Crippen molar-refractivity contribution in [1.82, 2.24) is 0 Å². The molecule has 0 radical (unpaired) electrons. The van der Waals surface area contributed by atoms with Crippen molar-refractivity contribution in [2.75, 3.05) is 13.2 Å². The molecule has 0 aliphatic heterocycles. The van der Waals surface area contributed by atoms with E-state index in [0.29, 0.717) is 25.6 Å². The van der Waals surface area contributed by atoms with Gasteiger partial charge in [0.1, 0.15) is 6.29 Å². The van der Waals surface area contributed by atoms with Gasteiger partial charge in [0, 0.05) is 12.5 Å². The monoisotopic (exact) mass is 216 g/mol. The van der Waals surface area contributed by atoms with Crippen LogP contribution in [0.15, 0.2) is 0 Å². The minimum atomic E-state index is -0.507. The summed E-state index contributed by atoms with van der Waals surface area (Å²) in [5.41, 5.74) is 0. The Kier molecular flexibility index (Phi) is 8.62. The SMILES string of the molecule is CCOCC(O)CC(C=O)CCC(C)C. The van der Waals surface area contributed by atoms with Crippen LogP contribution in [0.25, 0.3) is 0 Å². The summed E-state index contributed by atoms with van der Waals surface area (Å²) >= 11 is 0. The van der Waals surface area contributed by atoms with Crippen molar-refractivity contribution in [1.29, 1.82) is 0 Å². The summed E-state index contributed by atoms with van der Waals surface area (Å²) in [4.78, 5) is 10.8. The normalized spacial score (nSPS) is 15.3. The average molecular weight is 216 g/mol. The highest BCUT2D eigenvalue weighted by Gasteiger charge is 2.14. The van der Waals surface area contributed by atoms with Crippen LogP contribution >= 0.6 is 0 Å². The van der Waals surface area contributed by atoms with Gasteiger partial charge in [-0.2, -0.15) is 0 Å². The molecule has 0 fully saturated rings. The van der Waals surface area contributed by atoms with Gasteiger partial charge in [-0.3, -0.25) is 0 Å². The lowest BCUT2D eigenvalue weighted by Crippen LogP contribution is -2.20. The number of hydrogen-bond donors (Lipinski definition) is 1. The average Bonchev–Trinajstić information content (AvgIpc) is 2.20. The molecule has 15 heavy (non-hydrogen) atoms. The Bertz CT molecular complexity index is 157. The standard InChI is InChI=1S/C12H24O3/c1-4-15-9-12(14)7-11(8-13)6-5-10(2)3/h8,10-12,14H,4-7,9H2,1-3H3. The molecule has 1 N–H and O–H groups in total. The van der Waals surface area contributed by atoms with Crippen LogP contribution in [0.4, 0.5) is 0 Å². The van der Waals surface area contributed by atoms with Gasteiger partial charge in [-0.15, -0.1) is 0 Å². The smallest absolute Gasteiger partial charge is 0.123 e. The second-order valence-corrected chi connectivity index (χ2v) is 4.42. The largest absolute Gasteiger partial charge is 0.391 e. The molecule has 90 valence electrons. The molecule has 0 aliphatic rings. The van der Waals surface area contributed by atoms with Gasteiger partial charge in [-0.05, 0) is 25.7 Å². The molecule has 0 saturated carbocycles. The molecule has 0 aromatic heterocycles. The van der Waals surface area contributed by atoms with Crippen molar-refractivity contribution in [2.45, 2.75) is 46.1 Å². The predicted octanol–water partition coefficient (Wildman–Crippen LogP) is 2.03. The maximum atomic E-state index is 10.8. The van der Waals surface area contributed by atoms with E-state index in [4.69, 9.17) is 4.74 Å². The van der Waals surface area contributed by atoms with E-state index in [-0.39, 0.29) is 5.92 Å². The molecule has 0 bridgehead atoms. The Labute approximate surface area is 92.8 Å². The number of carbonyl (C=O) groups is 1. The molecule has 3 heteroatoms. The maximum Gasteiger partial charge on any atom is 0.123 e. The van der Waals surface area contributed by atoms with E-state index in [1.807, 2.05) is 6.92 Å². The third kappa shape index (κ3) is 8.58. The van der Waals surface area contributed by atoms with E-state index >= 15 is 0 Å². The fourth-order valence-electron chi connectivity index (χ4n) is 1.46. The van der Waals surface area contributed by atoms with Crippen LogP contribution < -0.4 is 0 Å². The minimum absolute atomic E-state index is 0.0251. The first-order valence-electron chi connectivity index (χ1n) is 5.81. The fraction of sp³-hybridized carbons (Fsp3) is 0.917. The van der Waals surface area contributed by atoms with Gasteiger partial charge in [0.15, 0.2) is 0 Å². The molecule has 3 nitrogen and oxygen atoms in total. The third-order valence-electron chi connectivity index (χ3n) is 2.40. The van der Waals surface area contributed by atoms with E-state index in [1.54, 1.807) is 0 Å². The number of ether oxygens (including phenoxy) is 1. The third-order valence-corrected chi connectivity index (χ3v) is 2.40. The Morgan fingerprint density at radius 1 is 1.33 bits per heavy atom. The van der Waals surface area contributed by atoms with Crippen molar-refractivity contribution < 1.29 is 14.6 Å². The van der Waals surface area contributed by atoms with E-state index in [0.717, 1.165) is 19.1 Å². The number of carbonyl (C=O) groups excluding carboxylic acids is 1. The molecule has 0 aromatic carbocycles. The van der Waals surface area contributed by atoms with Crippen molar-refractivity contribution in [3.05, 3.63) is 0 Å². The molecule has 0 spiro atoms. The summed E-state index contributed by atoms with van der Waals surface area (Å²) in [5, 5.41) is 9.56. The van der Waals surface area contributed by atoms with E-state index < -0.39 is 6.10 Å². The first-order valence-corrected chi connectivity index (χ1v) is 5.81. The fourth-order valence-corrected chi connectivity index (χ4v) is 1.46. The summed E-state index contributed by atoms with van der Waals surface area (Å²) < 4.78 is 5.10. The maximum absolute atomic E-state index is 10.8. The van der Waals surface area contributed by atoms with Gasteiger partial charge >= 0.3 is 0 Å². The van der Waals surface area contributed by atoms with Gasteiger partial charge in [-0.1, -0.05) is 20.3 Å². The lowest BCUT2D eigenvalue weighted by Gasteiger charge is -2.16. The summed E-state index contributed by atoms with van der Waals surface area (Å²) in [6.45, 7) is 7.11. The summed E-state index contributed by atoms with van der Waals surface area (Å²) in [6, 6.07) is 0. The van der Waals surface area contributed by atoms with Crippen LogP contribution in [0.1, 0.15) is 40.0 Å². The predicted molar refractivity (Wildman–Crippen MR) is 60.7 cm³/mol. The Morgan fingerprint density at radius 3 is 2.47 bits per heavy atom. The Balaban J connectivity index is 3.72. The quantitative estimate of drug-likeness (QED) is 0.600. The Morgan fingerprint density at radius 2 is 2.00 bits per heavy atom. The zero-order chi connectivity index (χ0) is 11.7. The lowest BCUT2D eigenvalue weighted by molar-refractivity contribution is -0.112. The van der Waals surface area contributed by atoms with E-state index in [9.17, 15) is 9.90 Å². The molecule has 0 heterocycles. The molecule has 0 amide bonds. The van der Waals surface area contributed by atoms with Crippen LogP contribution in [-0.4, -0.2) is 30.7 Å². The second kappa shape index (κ2) is 8.86. The summed E-state index contributed by atoms with van der Waals surface area (Å²) in [7, 11) is 0. The number of rotatable bonds is 9. The van der Waals surface area contributed by atoms with Crippen LogP contribution in [0.2, 0.25) is 0 Å². The van der Waals surface area contributed by atoms with Gasteiger partial charge in [-0.25, -0.2) is 0 Å². The number of aldehydes is 1. The van der Waals surface area contributed by atoms with Gasteiger partial charge < -0.3 is 14.6 Å². The Hall–Kier alpha value is -0.410. The highest BCUT2D eigenvalue weighted by atomic mass is 16.5. The van der Waals surface area contributed by atoms with Crippen molar-refractivity contribution in [3.63, 3.8) is 0 Å². The highest BCUT2D eigenvalue weighted by molar-refractivity contribution is 5.53. The minimum Gasteiger partial charge on any atom is -0.391 e. The highest BCUT2D eigenvalue weighted by Crippen LogP contribution is 2.15. The topological polar surface area (TPSA) is 46.5 Å². The molecule has 2 unspecified atom stereocenters. The van der Waals surface area contributed by atoms with Gasteiger partial charge in [0.25, 0.3) is 0 Å². The molecular formula is C12H24O3. The zero-order valence-electron chi connectivity index (χ0n) is 10.1. The molecule has 0 rings (SSSR count). The van der Waals surface area contributed by atoms with Gasteiger partial charge in [0.2, 0.25) is 0 Å². The van der Waals surface area contributed by atoms with E-state index in [2.05, 4.69) is 13.8 Å². The number of aliphatic hydroxyl groups is 1. The van der Waals surface area contributed by atoms with E-state index in [1.165, 1.54) is 0 Å². The molecular weight excluding hydrogens is 192 g/mol. The number of aliphatic hydroxyl groups excluding tert-OH is 1. The molecule has 0 saturated heterocycles. The zero-order valence-corrected chi connectivity index (χ0v) is 10.1. The first kappa shape index (κ1) is 14.6. The second-order valence-electron chi connectivity index (χ2n) is 4.42. The van der Waals surface area contributed by atoms with Crippen LogP contribution in [0.3, 0.4) is 0 Å². The number of hydrogen-bond acceptors (Lipinski definition) is 3. The molecule has 0 aromatic rings. The van der Waals surface area contributed by atoms with Crippen LogP contribution in [0, 0.1) is 11.8 Å². The van der Waals surface area contributed by atoms with Crippen LogP contribution in [0.5, 0.6) is 0 Å². The lowest BCUT2D eigenvalue weighted by atomic mass is 9.94. The van der Waals surface area contributed by atoms with Crippen LogP contribution in [-0.2, 0) is 9.53 Å². The van der Waals surface area contributed by atoms with Crippen molar-refractivity contribution in [2.24, 2.45) is 11.8 Å². The molecule has 2 atom stereocenters. The van der Waals surface area contributed by atoms with Crippen molar-refractivity contribution >= 4 is 6.29 Å². The molecule has 0 aliphatic carbocycles. The summed E-state index contributed by atoms with van der Waals surface area (Å²) in [5.74, 6) is 0.583. The van der Waals surface area contributed by atoms with Crippen molar-refractivity contribution in [3.8, 4) is 0 Å².